The highest BCUT2D eigenvalue weighted by Crippen LogP contribution is 2.39. The van der Waals surface area contributed by atoms with E-state index < -0.39 is 0 Å². The van der Waals surface area contributed by atoms with E-state index in [9.17, 15) is 0 Å². The molecule has 2 rings (SSSR count). The topological polar surface area (TPSA) is 26.0 Å². The van der Waals surface area contributed by atoms with Crippen molar-refractivity contribution in [1.29, 1.82) is 0 Å². The van der Waals surface area contributed by atoms with Crippen LogP contribution in [-0.2, 0) is 6.42 Å². The van der Waals surface area contributed by atoms with Gasteiger partial charge in [-0.15, -0.1) is 12.4 Å². The minimum atomic E-state index is 0. The third kappa shape index (κ3) is 2.53. The SMILES string of the molecule is Cc1ccc2c(c1)[C@H](N)CC(C)(C)C2.Cl. The van der Waals surface area contributed by atoms with Crippen LogP contribution in [-0.4, -0.2) is 0 Å². The van der Waals surface area contributed by atoms with Crippen LogP contribution in [0.5, 0.6) is 0 Å². The average molecular weight is 226 g/mol. The van der Waals surface area contributed by atoms with Gasteiger partial charge in [0, 0.05) is 6.04 Å². The summed E-state index contributed by atoms with van der Waals surface area (Å²) in [5.41, 5.74) is 10.7. The van der Waals surface area contributed by atoms with Gasteiger partial charge < -0.3 is 5.73 Å². The summed E-state index contributed by atoms with van der Waals surface area (Å²) in [5, 5.41) is 0. The van der Waals surface area contributed by atoms with Gasteiger partial charge in [-0.2, -0.15) is 0 Å². The second kappa shape index (κ2) is 4.15. The molecule has 1 nitrogen and oxygen atoms in total. The molecule has 0 radical (unpaired) electrons. The Hall–Kier alpha value is -0.530. The largest absolute Gasteiger partial charge is 0.324 e. The molecule has 84 valence electrons. The van der Waals surface area contributed by atoms with Crippen molar-refractivity contribution in [2.24, 2.45) is 11.1 Å². The average Bonchev–Trinajstić information content (AvgIpc) is 2.05. The number of rotatable bonds is 0. The normalized spacial score (nSPS) is 22.8. The third-order valence-electron chi connectivity index (χ3n) is 3.14. The molecule has 2 heteroatoms. The second-order valence-electron chi connectivity index (χ2n) is 5.35. The molecule has 0 saturated heterocycles. The molecular formula is C13H20ClN. The van der Waals surface area contributed by atoms with E-state index >= 15 is 0 Å². The number of fused-ring (bicyclic) bond motifs is 1. The maximum atomic E-state index is 6.19. The van der Waals surface area contributed by atoms with Crippen LogP contribution in [0.3, 0.4) is 0 Å². The molecule has 2 N–H and O–H groups in total. The van der Waals surface area contributed by atoms with E-state index in [4.69, 9.17) is 5.73 Å². The summed E-state index contributed by atoms with van der Waals surface area (Å²) in [7, 11) is 0. The van der Waals surface area contributed by atoms with Gasteiger partial charge in [0.05, 0.1) is 0 Å². The fourth-order valence-corrected chi connectivity index (χ4v) is 2.51. The molecule has 0 bridgehead atoms. The lowest BCUT2D eigenvalue weighted by molar-refractivity contribution is 0.283. The van der Waals surface area contributed by atoms with Gasteiger partial charge in [0.15, 0.2) is 0 Å². The molecule has 0 heterocycles. The summed E-state index contributed by atoms with van der Waals surface area (Å²) in [6.45, 7) is 6.73. The van der Waals surface area contributed by atoms with E-state index in [1.165, 1.54) is 16.7 Å². The number of halogens is 1. The summed E-state index contributed by atoms with van der Waals surface area (Å²) in [4.78, 5) is 0. The van der Waals surface area contributed by atoms with Gasteiger partial charge in [-0.1, -0.05) is 37.6 Å². The Morgan fingerprint density at radius 2 is 2.00 bits per heavy atom. The van der Waals surface area contributed by atoms with Crippen LogP contribution in [0.1, 0.15) is 43.0 Å². The molecule has 0 spiro atoms. The van der Waals surface area contributed by atoms with Gasteiger partial charge in [-0.3, -0.25) is 0 Å². The Kier molecular flexibility index (Phi) is 3.47. The van der Waals surface area contributed by atoms with Crippen molar-refractivity contribution in [3.63, 3.8) is 0 Å². The van der Waals surface area contributed by atoms with E-state index in [1.54, 1.807) is 0 Å². The van der Waals surface area contributed by atoms with Crippen molar-refractivity contribution in [2.75, 3.05) is 0 Å². The number of hydrogen-bond acceptors (Lipinski definition) is 1. The van der Waals surface area contributed by atoms with E-state index in [1.807, 2.05) is 0 Å². The van der Waals surface area contributed by atoms with Crippen LogP contribution < -0.4 is 5.73 Å². The summed E-state index contributed by atoms with van der Waals surface area (Å²) < 4.78 is 0. The minimum absolute atomic E-state index is 0. The Balaban J connectivity index is 0.00000112. The Morgan fingerprint density at radius 1 is 1.33 bits per heavy atom. The van der Waals surface area contributed by atoms with Crippen molar-refractivity contribution in [1.82, 2.24) is 0 Å². The zero-order valence-corrected chi connectivity index (χ0v) is 10.5. The lowest BCUT2D eigenvalue weighted by Crippen LogP contribution is -2.29. The van der Waals surface area contributed by atoms with Crippen LogP contribution in [0, 0.1) is 12.3 Å². The second-order valence-corrected chi connectivity index (χ2v) is 5.35. The number of aryl methyl sites for hydroxylation is 1. The van der Waals surface area contributed by atoms with Crippen molar-refractivity contribution >= 4 is 12.4 Å². The van der Waals surface area contributed by atoms with Crippen molar-refractivity contribution in [3.8, 4) is 0 Å². The number of benzene rings is 1. The first kappa shape index (κ1) is 12.5. The standard InChI is InChI=1S/C13H19N.ClH/c1-9-4-5-10-7-13(2,3)8-12(14)11(10)6-9;/h4-6,12H,7-8,14H2,1-3H3;1H/t12-;/m1./s1. The molecule has 1 atom stereocenters. The molecule has 0 aromatic heterocycles. The van der Waals surface area contributed by atoms with E-state index in [0.29, 0.717) is 5.41 Å². The van der Waals surface area contributed by atoms with Crippen LogP contribution in [0.15, 0.2) is 18.2 Å². The first-order chi connectivity index (χ1) is 6.48. The molecular weight excluding hydrogens is 206 g/mol. The summed E-state index contributed by atoms with van der Waals surface area (Å²) >= 11 is 0. The highest BCUT2D eigenvalue weighted by Gasteiger charge is 2.29. The fourth-order valence-electron chi connectivity index (χ4n) is 2.51. The number of hydrogen-bond donors (Lipinski definition) is 1. The summed E-state index contributed by atoms with van der Waals surface area (Å²) in [5.74, 6) is 0. The highest BCUT2D eigenvalue weighted by atomic mass is 35.5. The molecule has 1 aromatic rings. The third-order valence-corrected chi connectivity index (χ3v) is 3.14. The lowest BCUT2D eigenvalue weighted by Gasteiger charge is -2.35. The van der Waals surface area contributed by atoms with Gasteiger partial charge in [0.25, 0.3) is 0 Å². The Morgan fingerprint density at radius 3 is 2.67 bits per heavy atom. The molecule has 1 aromatic carbocycles. The van der Waals surface area contributed by atoms with Crippen molar-refractivity contribution in [2.45, 2.75) is 39.7 Å². The van der Waals surface area contributed by atoms with Crippen LogP contribution >= 0.6 is 12.4 Å². The molecule has 1 aliphatic carbocycles. The maximum absolute atomic E-state index is 6.19. The molecule has 0 unspecified atom stereocenters. The first-order valence-electron chi connectivity index (χ1n) is 5.33. The molecule has 0 amide bonds. The fraction of sp³-hybridized carbons (Fsp3) is 0.538. The molecule has 1 aliphatic rings. The number of nitrogens with two attached hydrogens (primary N) is 1. The predicted molar refractivity (Wildman–Crippen MR) is 67.5 cm³/mol. The zero-order valence-electron chi connectivity index (χ0n) is 9.71. The van der Waals surface area contributed by atoms with E-state index in [2.05, 4.69) is 39.0 Å². The highest BCUT2D eigenvalue weighted by molar-refractivity contribution is 5.85. The van der Waals surface area contributed by atoms with Crippen LogP contribution in [0.25, 0.3) is 0 Å². The quantitative estimate of drug-likeness (QED) is 0.720. The van der Waals surface area contributed by atoms with Gasteiger partial charge in [0.2, 0.25) is 0 Å². The van der Waals surface area contributed by atoms with Gasteiger partial charge >= 0.3 is 0 Å². The van der Waals surface area contributed by atoms with E-state index in [-0.39, 0.29) is 18.4 Å². The smallest absolute Gasteiger partial charge is 0.0302 e. The molecule has 0 fully saturated rings. The Labute approximate surface area is 98.5 Å². The monoisotopic (exact) mass is 225 g/mol. The Bertz CT molecular complexity index is 358. The summed E-state index contributed by atoms with van der Waals surface area (Å²) in [6, 6.07) is 6.90. The lowest BCUT2D eigenvalue weighted by atomic mass is 9.72. The van der Waals surface area contributed by atoms with Crippen molar-refractivity contribution in [3.05, 3.63) is 34.9 Å². The first-order valence-corrected chi connectivity index (χ1v) is 5.33. The molecule has 15 heavy (non-hydrogen) atoms. The minimum Gasteiger partial charge on any atom is -0.324 e. The van der Waals surface area contributed by atoms with Crippen molar-refractivity contribution < 1.29 is 0 Å². The predicted octanol–water partition coefficient (Wildman–Crippen LogP) is 3.39. The molecule has 0 saturated carbocycles. The van der Waals surface area contributed by atoms with Gasteiger partial charge in [-0.25, -0.2) is 0 Å². The van der Waals surface area contributed by atoms with E-state index in [0.717, 1.165) is 12.8 Å². The maximum Gasteiger partial charge on any atom is 0.0302 e. The summed E-state index contributed by atoms with van der Waals surface area (Å²) in [6.07, 6.45) is 2.26. The van der Waals surface area contributed by atoms with Crippen LogP contribution in [0.2, 0.25) is 0 Å². The van der Waals surface area contributed by atoms with Gasteiger partial charge in [0.1, 0.15) is 0 Å². The molecule has 0 aliphatic heterocycles. The zero-order chi connectivity index (χ0) is 10.3. The van der Waals surface area contributed by atoms with Crippen LogP contribution in [0.4, 0.5) is 0 Å². The van der Waals surface area contributed by atoms with Gasteiger partial charge in [-0.05, 0) is 36.3 Å².